The number of rotatable bonds is 16. The van der Waals surface area contributed by atoms with E-state index >= 15 is 0 Å². The predicted molar refractivity (Wildman–Crippen MR) is 137 cm³/mol. The van der Waals surface area contributed by atoms with E-state index in [1.807, 2.05) is 60.7 Å². The van der Waals surface area contributed by atoms with E-state index in [0.29, 0.717) is 13.2 Å². The number of hydrogen-bond acceptors (Lipinski definition) is 3. The molecule has 0 N–H and O–H groups in total. The SMILES string of the molecule is CCCCCC(COCC(CCCCC)(C(C)=O)c1ccccc1)(C(C)=O)c1ccccc1. The molecule has 0 spiro atoms. The first-order valence-electron chi connectivity index (χ1n) is 12.6. The highest BCUT2D eigenvalue weighted by Crippen LogP contribution is 2.36. The summed E-state index contributed by atoms with van der Waals surface area (Å²) in [5.41, 5.74) is 0.651. The Hall–Kier alpha value is -2.26. The van der Waals surface area contributed by atoms with Gasteiger partial charge in [0, 0.05) is 0 Å². The third-order valence-electron chi connectivity index (χ3n) is 7.11. The molecule has 0 saturated carbocycles. The van der Waals surface area contributed by atoms with Gasteiger partial charge in [-0.15, -0.1) is 0 Å². The van der Waals surface area contributed by atoms with Crippen LogP contribution in [0, 0.1) is 0 Å². The number of carbonyl (C=O) groups excluding carboxylic acids is 2. The number of ether oxygens (including phenoxy) is 1. The summed E-state index contributed by atoms with van der Waals surface area (Å²) in [4.78, 5) is 26.2. The summed E-state index contributed by atoms with van der Waals surface area (Å²) < 4.78 is 6.42. The monoisotopic (exact) mass is 450 g/mol. The van der Waals surface area contributed by atoms with Crippen molar-refractivity contribution in [3.05, 3.63) is 71.8 Å². The molecule has 3 nitrogen and oxygen atoms in total. The molecule has 0 aliphatic carbocycles. The van der Waals surface area contributed by atoms with Crippen LogP contribution >= 0.6 is 0 Å². The van der Waals surface area contributed by atoms with Gasteiger partial charge in [-0.25, -0.2) is 0 Å². The van der Waals surface area contributed by atoms with E-state index in [1.165, 1.54) is 0 Å². The normalized spacial score (nSPS) is 14.9. The first kappa shape index (κ1) is 27.0. The first-order valence-corrected chi connectivity index (χ1v) is 12.6. The van der Waals surface area contributed by atoms with Crippen LogP contribution in [0.3, 0.4) is 0 Å². The molecule has 0 fully saturated rings. The Kier molecular flexibility index (Phi) is 11.0. The quantitative estimate of drug-likeness (QED) is 0.254. The fourth-order valence-corrected chi connectivity index (χ4v) is 4.83. The molecule has 180 valence electrons. The molecule has 0 saturated heterocycles. The second-order valence-corrected chi connectivity index (χ2v) is 9.42. The molecule has 2 aromatic rings. The van der Waals surface area contributed by atoms with Crippen LogP contribution in [0.5, 0.6) is 0 Å². The summed E-state index contributed by atoms with van der Waals surface area (Å²) in [6.07, 6.45) is 7.83. The molecule has 3 heteroatoms. The maximum atomic E-state index is 13.1. The van der Waals surface area contributed by atoms with E-state index in [9.17, 15) is 9.59 Å². The van der Waals surface area contributed by atoms with Crippen LogP contribution < -0.4 is 0 Å². The molecular formula is C30H42O3. The second-order valence-electron chi connectivity index (χ2n) is 9.42. The van der Waals surface area contributed by atoms with Crippen molar-refractivity contribution >= 4 is 11.6 Å². The highest BCUT2D eigenvalue weighted by molar-refractivity contribution is 5.89. The zero-order valence-corrected chi connectivity index (χ0v) is 21.1. The van der Waals surface area contributed by atoms with Crippen LogP contribution in [0.15, 0.2) is 60.7 Å². The van der Waals surface area contributed by atoms with Crippen LogP contribution in [0.4, 0.5) is 0 Å². The van der Waals surface area contributed by atoms with E-state index < -0.39 is 10.8 Å². The van der Waals surface area contributed by atoms with Crippen molar-refractivity contribution in [1.29, 1.82) is 0 Å². The van der Waals surface area contributed by atoms with Gasteiger partial charge in [0.05, 0.1) is 24.0 Å². The van der Waals surface area contributed by atoms with Crippen molar-refractivity contribution < 1.29 is 14.3 Å². The Labute approximate surface area is 200 Å². The van der Waals surface area contributed by atoms with Crippen molar-refractivity contribution in [1.82, 2.24) is 0 Å². The summed E-state index contributed by atoms with van der Waals surface area (Å²) in [5, 5.41) is 0. The topological polar surface area (TPSA) is 43.4 Å². The lowest BCUT2D eigenvalue weighted by Crippen LogP contribution is -2.44. The molecular weight excluding hydrogens is 408 g/mol. The lowest BCUT2D eigenvalue weighted by atomic mass is 9.72. The maximum absolute atomic E-state index is 13.1. The van der Waals surface area contributed by atoms with Crippen molar-refractivity contribution in [2.75, 3.05) is 13.2 Å². The zero-order valence-electron chi connectivity index (χ0n) is 21.1. The number of hydrogen-bond donors (Lipinski definition) is 0. The van der Waals surface area contributed by atoms with Crippen molar-refractivity contribution in [3.63, 3.8) is 0 Å². The minimum atomic E-state index is -0.681. The highest BCUT2D eigenvalue weighted by atomic mass is 16.5. The molecule has 0 amide bonds. The van der Waals surface area contributed by atoms with Gasteiger partial charge in [0.25, 0.3) is 0 Å². The molecule has 0 bridgehead atoms. The largest absolute Gasteiger partial charge is 0.379 e. The molecule has 2 aromatic carbocycles. The van der Waals surface area contributed by atoms with Gasteiger partial charge in [-0.1, -0.05) is 113 Å². The first-order chi connectivity index (χ1) is 15.9. The Balaban J connectivity index is 2.34. The summed E-state index contributed by atoms with van der Waals surface area (Å²) in [7, 11) is 0. The maximum Gasteiger partial charge on any atom is 0.142 e. The Morgan fingerprint density at radius 1 is 0.636 bits per heavy atom. The Bertz CT molecular complexity index is 774. The second kappa shape index (κ2) is 13.4. The minimum Gasteiger partial charge on any atom is -0.379 e. The minimum absolute atomic E-state index is 0.129. The van der Waals surface area contributed by atoms with Gasteiger partial charge in [-0.2, -0.15) is 0 Å². The van der Waals surface area contributed by atoms with Crippen molar-refractivity contribution in [3.8, 4) is 0 Å². The summed E-state index contributed by atoms with van der Waals surface area (Å²) in [6.45, 7) is 8.30. The van der Waals surface area contributed by atoms with Crippen molar-refractivity contribution in [2.45, 2.75) is 89.9 Å². The Morgan fingerprint density at radius 2 is 1.00 bits per heavy atom. The van der Waals surface area contributed by atoms with E-state index in [4.69, 9.17) is 4.74 Å². The van der Waals surface area contributed by atoms with E-state index in [2.05, 4.69) is 13.8 Å². The molecule has 0 aliphatic rings. The molecule has 0 aromatic heterocycles. The van der Waals surface area contributed by atoms with Gasteiger partial charge in [-0.3, -0.25) is 9.59 Å². The van der Waals surface area contributed by atoms with Gasteiger partial charge < -0.3 is 4.74 Å². The highest BCUT2D eigenvalue weighted by Gasteiger charge is 2.41. The van der Waals surface area contributed by atoms with Crippen LogP contribution in [0.2, 0.25) is 0 Å². The molecule has 0 heterocycles. The number of unbranched alkanes of at least 4 members (excludes halogenated alkanes) is 4. The fraction of sp³-hybridized carbons (Fsp3) is 0.533. The fourth-order valence-electron chi connectivity index (χ4n) is 4.83. The van der Waals surface area contributed by atoms with E-state index in [0.717, 1.165) is 62.5 Å². The predicted octanol–water partition coefficient (Wildman–Crippen LogP) is 7.22. The number of ketones is 2. The van der Waals surface area contributed by atoms with Crippen LogP contribution in [0.25, 0.3) is 0 Å². The third-order valence-corrected chi connectivity index (χ3v) is 7.11. The van der Waals surface area contributed by atoms with E-state index in [-0.39, 0.29) is 11.6 Å². The molecule has 2 atom stereocenters. The van der Waals surface area contributed by atoms with Gasteiger partial charge in [0.2, 0.25) is 0 Å². The summed E-state index contributed by atoms with van der Waals surface area (Å²) in [5.74, 6) is 0.257. The lowest BCUT2D eigenvalue weighted by molar-refractivity contribution is -0.128. The summed E-state index contributed by atoms with van der Waals surface area (Å²) >= 11 is 0. The smallest absolute Gasteiger partial charge is 0.142 e. The van der Waals surface area contributed by atoms with Gasteiger partial charge in [0.15, 0.2) is 0 Å². The average Bonchev–Trinajstić information content (AvgIpc) is 2.83. The molecule has 0 radical (unpaired) electrons. The van der Waals surface area contributed by atoms with Crippen LogP contribution in [0.1, 0.15) is 90.2 Å². The standard InChI is InChI=1S/C30H42O3/c1-5-7-15-21-29(25(3)31,27-17-11-9-12-18-27)23-33-24-30(26(4)32,22-16-8-6-2)28-19-13-10-14-20-28/h9-14,17-20H,5-8,15-16,21-24H2,1-4H3. The Morgan fingerprint density at radius 3 is 1.30 bits per heavy atom. The van der Waals surface area contributed by atoms with Crippen LogP contribution in [-0.2, 0) is 25.2 Å². The van der Waals surface area contributed by atoms with Gasteiger partial charge >= 0.3 is 0 Å². The summed E-state index contributed by atoms with van der Waals surface area (Å²) in [6, 6.07) is 20.0. The van der Waals surface area contributed by atoms with Crippen molar-refractivity contribution in [2.24, 2.45) is 0 Å². The molecule has 33 heavy (non-hydrogen) atoms. The zero-order chi connectivity index (χ0) is 24.2. The molecule has 2 unspecified atom stereocenters. The van der Waals surface area contributed by atoms with Gasteiger partial charge in [0.1, 0.15) is 11.6 Å². The third kappa shape index (κ3) is 6.86. The lowest BCUT2D eigenvalue weighted by Gasteiger charge is -2.36. The van der Waals surface area contributed by atoms with Crippen LogP contribution in [-0.4, -0.2) is 24.8 Å². The molecule has 2 rings (SSSR count). The number of Topliss-reactive ketones (excluding diaryl/α,β-unsaturated/α-hetero) is 2. The average molecular weight is 451 g/mol. The van der Waals surface area contributed by atoms with E-state index in [1.54, 1.807) is 13.8 Å². The number of carbonyl (C=O) groups is 2. The molecule has 0 aliphatic heterocycles. The van der Waals surface area contributed by atoms with Gasteiger partial charge in [-0.05, 0) is 37.8 Å². The number of benzene rings is 2.